The molecule has 0 aliphatic carbocycles. The minimum absolute atomic E-state index is 0.327. The van der Waals surface area contributed by atoms with Crippen LogP contribution >= 0.6 is 12.6 Å². The maximum absolute atomic E-state index is 9.86. The molecule has 5 atom stereocenters. The molecule has 7 heteroatoms. The number of ether oxygens (including phenoxy) is 2. The average molecular weight is 253 g/mol. The second kappa shape index (κ2) is 6.75. The zero-order valence-corrected chi connectivity index (χ0v) is 10.0. The van der Waals surface area contributed by atoms with Crippen LogP contribution in [0.3, 0.4) is 0 Å². The number of hydrogen-bond acceptors (Lipinski definition) is 7. The van der Waals surface area contributed by atoms with Gasteiger partial charge in [0, 0.05) is 19.4 Å². The Labute approximate surface area is 100.0 Å². The molecule has 6 nitrogen and oxygen atoms in total. The highest BCUT2D eigenvalue weighted by Crippen LogP contribution is 2.21. The minimum atomic E-state index is -0.984. The van der Waals surface area contributed by atoms with Crippen LogP contribution in [0.4, 0.5) is 0 Å². The first-order valence-corrected chi connectivity index (χ1v) is 5.78. The third kappa shape index (κ3) is 3.07. The summed E-state index contributed by atoms with van der Waals surface area (Å²) in [5, 5.41) is 31.7. The molecule has 0 saturated carbocycles. The van der Waals surface area contributed by atoms with Gasteiger partial charge in [-0.25, -0.2) is 0 Å². The van der Waals surface area contributed by atoms with Crippen LogP contribution in [0, 0.1) is 0 Å². The number of nitrogens with one attached hydrogen (secondary N) is 1. The standard InChI is InChI=1S/C9H19NO5S/c1-14-9-8(13)6(10-2-3-16)7(12)5(4-11)15-9/h5-13,16H,2-4H2,1H3. The van der Waals surface area contributed by atoms with Crippen molar-refractivity contribution in [3.8, 4) is 0 Å². The highest BCUT2D eigenvalue weighted by molar-refractivity contribution is 7.80. The minimum Gasteiger partial charge on any atom is -0.394 e. The molecule has 1 aliphatic heterocycles. The van der Waals surface area contributed by atoms with Crippen LogP contribution in [0.5, 0.6) is 0 Å². The summed E-state index contributed by atoms with van der Waals surface area (Å²) in [5.41, 5.74) is 0. The average Bonchev–Trinajstić information content (AvgIpc) is 2.29. The number of thiol groups is 1. The zero-order valence-electron chi connectivity index (χ0n) is 9.11. The van der Waals surface area contributed by atoms with Crippen molar-refractivity contribution in [2.45, 2.75) is 30.6 Å². The smallest absolute Gasteiger partial charge is 0.185 e. The normalized spacial score (nSPS) is 39.9. The molecule has 1 heterocycles. The lowest BCUT2D eigenvalue weighted by molar-refractivity contribution is -0.271. The van der Waals surface area contributed by atoms with Crippen LogP contribution < -0.4 is 5.32 Å². The molecule has 16 heavy (non-hydrogen) atoms. The van der Waals surface area contributed by atoms with Crippen molar-refractivity contribution >= 4 is 12.6 Å². The van der Waals surface area contributed by atoms with Crippen LogP contribution in [0.25, 0.3) is 0 Å². The molecule has 96 valence electrons. The zero-order chi connectivity index (χ0) is 12.1. The monoisotopic (exact) mass is 253 g/mol. The van der Waals surface area contributed by atoms with Gasteiger partial charge in [-0.1, -0.05) is 0 Å². The van der Waals surface area contributed by atoms with Gasteiger partial charge in [0.25, 0.3) is 0 Å². The Kier molecular flexibility index (Phi) is 5.98. The van der Waals surface area contributed by atoms with Gasteiger partial charge in [-0.05, 0) is 0 Å². The summed E-state index contributed by atoms with van der Waals surface area (Å²) in [6, 6.07) is -0.594. The summed E-state index contributed by atoms with van der Waals surface area (Å²) < 4.78 is 10.1. The van der Waals surface area contributed by atoms with E-state index in [0.717, 1.165) is 0 Å². The molecular weight excluding hydrogens is 234 g/mol. The van der Waals surface area contributed by atoms with Crippen molar-refractivity contribution in [2.75, 3.05) is 26.0 Å². The largest absolute Gasteiger partial charge is 0.394 e. The van der Waals surface area contributed by atoms with E-state index in [2.05, 4.69) is 17.9 Å². The fourth-order valence-corrected chi connectivity index (χ4v) is 1.88. The molecule has 1 aliphatic rings. The topological polar surface area (TPSA) is 91.2 Å². The van der Waals surface area contributed by atoms with Crippen LogP contribution in [-0.2, 0) is 9.47 Å². The van der Waals surface area contributed by atoms with E-state index in [9.17, 15) is 10.2 Å². The van der Waals surface area contributed by atoms with Gasteiger partial charge in [-0.3, -0.25) is 0 Å². The van der Waals surface area contributed by atoms with Crippen LogP contribution in [0.1, 0.15) is 0 Å². The molecule has 0 amide bonds. The molecule has 4 N–H and O–H groups in total. The summed E-state index contributed by atoms with van der Waals surface area (Å²) in [5.74, 6) is 0.582. The molecule has 0 spiro atoms. The molecule has 1 saturated heterocycles. The number of hydrogen-bond donors (Lipinski definition) is 5. The first-order valence-electron chi connectivity index (χ1n) is 5.15. The molecule has 1 rings (SSSR count). The summed E-state index contributed by atoms with van der Waals surface area (Å²) in [7, 11) is 1.40. The van der Waals surface area contributed by atoms with Crippen molar-refractivity contribution < 1.29 is 24.8 Å². The second-order valence-electron chi connectivity index (χ2n) is 3.65. The van der Waals surface area contributed by atoms with E-state index in [4.69, 9.17) is 14.6 Å². The molecule has 1 fully saturated rings. The summed E-state index contributed by atoms with van der Waals surface area (Å²) in [6.45, 7) is 0.212. The molecule has 0 bridgehead atoms. The highest BCUT2D eigenvalue weighted by atomic mass is 32.1. The maximum Gasteiger partial charge on any atom is 0.185 e. The van der Waals surface area contributed by atoms with Crippen LogP contribution in [-0.4, -0.2) is 72.0 Å². The SMILES string of the molecule is COC1OC(CO)C(O)C(NCCS)C1O. The van der Waals surface area contributed by atoms with Gasteiger partial charge in [-0.2, -0.15) is 12.6 Å². The molecule has 0 aromatic rings. The maximum atomic E-state index is 9.86. The summed E-state index contributed by atoms with van der Waals surface area (Å²) >= 11 is 4.03. The highest BCUT2D eigenvalue weighted by Gasteiger charge is 2.44. The third-order valence-electron chi connectivity index (χ3n) is 2.61. The van der Waals surface area contributed by atoms with Gasteiger partial charge in [0.2, 0.25) is 0 Å². The third-order valence-corrected chi connectivity index (χ3v) is 2.83. The van der Waals surface area contributed by atoms with Crippen molar-refractivity contribution in [2.24, 2.45) is 0 Å². The van der Waals surface area contributed by atoms with E-state index >= 15 is 0 Å². The first-order chi connectivity index (χ1) is 7.65. The van der Waals surface area contributed by atoms with E-state index in [0.29, 0.717) is 12.3 Å². The number of methoxy groups -OCH3 is 1. The Hall–Kier alpha value is 0.110. The van der Waals surface area contributed by atoms with Gasteiger partial charge in [0.05, 0.1) is 12.6 Å². The Balaban J connectivity index is 2.67. The second-order valence-corrected chi connectivity index (χ2v) is 4.09. The number of rotatable bonds is 5. The Bertz CT molecular complexity index is 192. The van der Waals surface area contributed by atoms with E-state index in [-0.39, 0.29) is 6.61 Å². The predicted octanol–water partition coefficient (Wildman–Crippen LogP) is -2.04. The summed E-state index contributed by atoms with van der Waals surface area (Å²) in [4.78, 5) is 0. The van der Waals surface area contributed by atoms with E-state index < -0.39 is 30.6 Å². The van der Waals surface area contributed by atoms with Crippen LogP contribution in [0.15, 0.2) is 0 Å². The van der Waals surface area contributed by atoms with Crippen LogP contribution in [0.2, 0.25) is 0 Å². The van der Waals surface area contributed by atoms with E-state index in [1.54, 1.807) is 0 Å². The fourth-order valence-electron chi connectivity index (χ4n) is 1.75. The molecular formula is C9H19NO5S. The Morgan fingerprint density at radius 3 is 2.56 bits per heavy atom. The van der Waals surface area contributed by atoms with Crippen molar-refractivity contribution in [1.29, 1.82) is 0 Å². The molecule has 0 aromatic carbocycles. The Morgan fingerprint density at radius 2 is 2.06 bits per heavy atom. The fraction of sp³-hybridized carbons (Fsp3) is 1.00. The van der Waals surface area contributed by atoms with Gasteiger partial charge in [0.15, 0.2) is 6.29 Å². The number of aliphatic hydroxyl groups excluding tert-OH is 3. The van der Waals surface area contributed by atoms with Gasteiger partial charge >= 0.3 is 0 Å². The lowest BCUT2D eigenvalue weighted by atomic mass is 9.96. The quantitative estimate of drug-likeness (QED) is 0.363. The van der Waals surface area contributed by atoms with E-state index in [1.807, 2.05) is 0 Å². The van der Waals surface area contributed by atoms with Crippen molar-refractivity contribution in [1.82, 2.24) is 5.32 Å². The lowest BCUT2D eigenvalue weighted by Crippen LogP contribution is -2.64. The molecule has 0 radical (unpaired) electrons. The lowest BCUT2D eigenvalue weighted by Gasteiger charge is -2.41. The predicted molar refractivity (Wildman–Crippen MR) is 60.4 cm³/mol. The van der Waals surface area contributed by atoms with Crippen molar-refractivity contribution in [3.05, 3.63) is 0 Å². The molecule has 5 unspecified atom stereocenters. The summed E-state index contributed by atoms with van der Waals surface area (Å²) in [6.07, 6.45) is -3.57. The van der Waals surface area contributed by atoms with Gasteiger partial charge in [-0.15, -0.1) is 0 Å². The van der Waals surface area contributed by atoms with Crippen molar-refractivity contribution in [3.63, 3.8) is 0 Å². The van der Waals surface area contributed by atoms with Gasteiger partial charge in [0.1, 0.15) is 18.3 Å². The van der Waals surface area contributed by atoms with E-state index in [1.165, 1.54) is 7.11 Å². The molecule has 0 aromatic heterocycles. The number of aliphatic hydroxyl groups is 3. The first kappa shape index (κ1) is 14.2. The van der Waals surface area contributed by atoms with Gasteiger partial charge < -0.3 is 30.1 Å². The Morgan fingerprint density at radius 1 is 1.38 bits per heavy atom.